The molecule has 1 fully saturated rings. The molecule has 117 valence electrons. The Morgan fingerprint density at radius 3 is 2.14 bits per heavy atom. The lowest BCUT2D eigenvalue weighted by Crippen LogP contribution is -2.47. The maximum absolute atomic E-state index is 14.1. The normalized spacial score (nSPS) is 16.6. The van der Waals surface area contributed by atoms with Gasteiger partial charge < -0.3 is 9.64 Å². The molecule has 1 saturated heterocycles. The van der Waals surface area contributed by atoms with Crippen LogP contribution in [0.2, 0.25) is 0 Å². The molecule has 1 aliphatic heterocycles. The van der Waals surface area contributed by atoms with E-state index in [1.807, 2.05) is 0 Å². The first-order chi connectivity index (χ1) is 10.0. The largest absolute Gasteiger partial charge is 0.494 e. The second-order valence-electron chi connectivity index (χ2n) is 5.64. The van der Waals surface area contributed by atoms with Crippen molar-refractivity contribution < 1.29 is 13.5 Å². The highest BCUT2D eigenvalue weighted by Gasteiger charge is 2.23. The van der Waals surface area contributed by atoms with E-state index in [1.165, 1.54) is 18.1 Å². The number of hydrogen-bond acceptors (Lipinski definition) is 3. The SMILES string of the molecule is CCOc1cc(F)c(N2CCN(C[C](C)C)CC2)c(F)c1. The first kappa shape index (κ1) is 16.0. The van der Waals surface area contributed by atoms with Crippen molar-refractivity contribution in [3.63, 3.8) is 0 Å². The Morgan fingerprint density at radius 1 is 1.10 bits per heavy atom. The van der Waals surface area contributed by atoms with Gasteiger partial charge >= 0.3 is 0 Å². The van der Waals surface area contributed by atoms with E-state index in [0.29, 0.717) is 19.7 Å². The van der Waals surface area contributed by atoms with Crippen LogP contribution < -0.4 is 9.64 Å². The highest BCUT2D eigenvalue weighted by molar-refractivity contribution is 5.52. The van der Waals surface area contributed by atoms with Crippen LogP contribution in [0.3, 0.4) is 0 Å². The Morgan fingerprint density at radius 2 is 1.67 bits per heavy atom. The third-order valence-corrected chi connectivity index (χ3v) is 3.53. The van der Waals surface area contributed by atoms with Gasteiger partial charge in [-0.25, -0.2) is 8.78 Å². The Bertz CT molecular complexity index is 448. The molecular formula is C16H23F2N2O. The van der Waals surface area contributed by atoms with Gasteiger partial charge in [-0.2, -0.15) is 0 Å². The first-order valence-corrected chi connectivity index (χ1v) is 7.39. The maximum atomic E-state index is 14.1. The minimum atomic E-state index is -0.551. The van der Waals surface area contributed by atoms with E-state index in [-0.39, 0.29) is 11.4 Å². The van der Waals surface area contributed by atoms with Crippen LogP contribution in [0.15, 0.2) is 12.1 Å². The van der Waals surface area contributed by atoms with Crippen LogP contribution in [-0.4, -0.2) is 44.2 Å². The summed E-state index contributed by atoms with van der Waals surface area (Å²) < 4.78 is 33.5. The van der Waals surface area contributed by atoms with Crippen molar-refractivity contribution in [1.29, 1.82) is 0 Å². The monoisotopic (exact) mass is 297 g/mol. The molecule has 21 heavy (non-hydrogen) atoms. The van der Waals surface area contributed by atoms with Gasteiger partial charge in [-0.05, 0) is 12.8 Å². The van der Waals surface area contributed by atoms with Gasteiger partial charge in [0, 0.05) is 44.9 Å². The molecule has 1 aromatic carbocycles. The molecule has 0 N–H and O–H groups in total. The van der Waals surface area contributed by atoms with Gasteiger partial charge in [0.05, 0.1) is 6.61 Å². The van der Waals surface area contributed by atoms with E-state index in [1.54, 1.807) is 11.8 Å². The van der Waals surface area contributed by atoms with Crippen LogP contribution in [0.4, 0.5) is 14.5 Å². The van der Waals surface area contributed by atoms with Gasteiger partial charge in [0.15, 0.2) is 11.6 Å². The fourth-order valence-corrected chi connectivity index (χ4v) is 2.67. The molecule has 1 aromatic rings. The molecule has 0 saturated carbocycles. The highest BCUT2D eigenvalue weighted by atomic mass is 19.1. The molecule has 1 heterocycles. The zero-order chi connectivity index (χ0) is 15.4. The summed E-state index contributed by atoms with van der Waals surface area (Å²) in [6.45, 7) is 10.2. The smallest absolute Gasteiger partial charge is 0.153 e. The van der Waals surface area contributed by atoms with Crippen LogP contribution in [0.1, 0.15) is 20.8 Å². The highest BCUT2D eigenvalue weighted by Crippen LogP contribution is 2.29. The summed E-state index contributed by atoms with van der Waals surface area (Å²) in [5.74, 6) is 0.489. The van der Waals surface area contributed by atoms with Gasteiger partial charge in [0.1, 0.15) is 11.4 Å². The van der Waals surface area contributed by atoms with Crippen LogP contribution in [0.5, 0.6) is 5.75 Å². The molecule has 1 aliphatic rings. The lowest BCUT2D eigenvalue weighted by Gasteiger charge is -2.37. The van der Waals surface area contributed by atoms with Crippen molar-refractivity contribution in [3.8, 4) is 5.75 Å². The molecule has 2 rings (SSSR count). The van der Waals surface area contributed by atoms with Gasteiger partial charge in [0.25, 0.3) is 0 Å². The summed E-state index contributed by atoms with van der Waals surface area (Å²) in [4.78, 5) is 4.08. The summed E-state index contributed by atoms with van der Waals surface area (Å²) in [7, 11) is 0. The number of anilines is 1. The van der Waals surface area contributed by atoms with Crippen LogP contribution >= 0.6 is 0 Å². The van der Waals surface area contributed by atoms with Crippen molar-refractivity contribution in [3.05, 3.63) is 29.7 Å². The number of halogens is 2. The predicted molar refractivity (Wildman–Crippen MR) is 80.8 cm³/mol. The minimum absolute atomic E-state index is 0.0651. The van der Waals surface area contributed by atoms with Crippen molar-refractivity contribution in [1.82, 2.24) is 4.90 Å². The fourth-order valence-electron chi connectivity index (χ4n) is 2.67. The lowest BCUT2D eigenvalue weighted by atomic mass is 10.1. The van der Waals surface area contributed by atoms with Gasteiger partial charge in [-0.3, -0.25) is 4.90 Å². The van der Waals surface area contributed by atoms with E-state index in [2.05, 4.69) is 18.7 Å². The third kappa shape index (κ3) is 4.06. The maximum Gasteiger partial charge on any atom is 0.153 e. The Labute approximate surface area is 125 Å². The Balaban J connectivity index is 2.06. The number of nitrogens with zero attached hydrogens (tertiary/aromatic N) is 2. The van der Waals surface area contributed by atoms with E-state index in [9.17, 15) is 8.78 Å². The molecule has 0 amide bonds. The second-order valence-corrected chi connectivity index (χ2v) is 5.64. The predicted octanol–water partition coefficient (Wildman–Crippen LogP) is 3.10. The molecule has 0 aliphatic carbocycles. The van der Waals surface area contributed by atoms with E-state index in [0.717, 1.165) is 19.6 Å². The zero-order valence-corrected chi connectivity index (χ0v) is 13.0. The van der Waals surface area contributed by atoms with Crippen LogP contribution in [0, 0.1) is 17.6 Å². The van der Waals surface area contributed by atoms with Crippen molar-refractivity contribution in [2.75, 3.05) is 44.2 Å². The number of ether oxygens (including phenoxy) is 1. The van der Waals surface area contributed by atoms with E-state index >= 15 is 0 Å². The standard InChI is InChI=1S/C16H23F2N2O/c1-4-21-13-9-14(17)16(15(18)10-13)20-7-5-19(6-8-20)11-12(2)3/h9-10H,4-8,11H2,1-3H3. The molecule has 5 heteroatoms. The topological polar surface area (TPSA) is 15.7 Å². The van der Waals surface area contributed by atoms with Gasteiger partial charge in [-0.1, -0.05) is 13.8 Å². The zero-order valence-electron chi connectivity index (χ0n) is 13.0. The average Bonchev–Trinajstić information content (AvgIpc) is 2.39. The Hall–Kier alpha value is -1.36. The number of benzene rings is 1. The summed E-state index contributed by atoms with van der Waals surface area (Å²) in [5.41, 5.74) is 0.0651. The first-order valence-electron chi connectivity index (χ1n) is 7.39. The van der Waals surface area contributed by atoms with Crippen molar-refractivity contribution in [2.24, 2.45) is 0 Å². The number of piperazine rings is 1. The quantitative estimate of drug-likeness (QED) is 0.830. The number of hydrogen-bond donors (Lipinski definition) is 0. The van der Waals surface area contributed by atoms with Crippen molar-refractivity contribution >= 4 is 5.69 Å². The summed E-state index contributed by atoms with van der Waals surface area (Å²) in [6, 6.07) is 2.52. The fraction of sp³-hybridized carbons (Fsp3) is 0.562. The molecule has 0 bridgehead atoms. The molecular weight excluding hydrogens is 274 g/mol. The Kier molecular flexibility index (Phi) is 5.39. The molecule has 3 nitrogen and oxygen atoms in total. The molecule has 1 radical (unpaired) electrons. The minimum Gasteiger partial charge on any atom is -0.494 e. The van der Waals surface area contributed by atoms with Crippen LogP contribution in [0.25, 0.3) is 0 Å². The third-order valence-electron chi connectivity index (χ3n) is 3.53. The summed E-state index contributed by atoms with van der Waals surface area (Å²) in [6.07, 6.45) is 0. The molecule has 0 atom stereocenters. The van der Waals surface area contributed by atoms with E-state index < -0.39 is 11.6 Å². The van der Waals surface area contributed by atoms with Crippen LogP contribution in [-0.2, 0) is 0 Å². The molecule has 0 unspecified atom stereocenters. The lowest BCUT2D eigenvalue weighted by molar-refractivity contribution is 0.265. The average molecular weight is 297 g/mol. The number of rotatable bonds is 5. The molecule has 0 spiro atoms. The van der Waals surface area contributed by atoms with E-state index in [4.69, 9.17) is 4.74 Å². The summed E-state index contributed by atoms with van der Waals surface area (Å²) >= 11 is 0. The second kappa shape index (κ2) is 7.07. The summed E-state index contributed by atoms with van der Waals surface area (Å²) in [5, 5.41) is 0. The van der Waals surface area contributed by atoms with Crippen molar-refractivity contribution in [2.45, 2.75) is 20.8 Å². The van der Waals surface area contributed by atoms with Gasteiger partial charge in [-0.15, -0.1) is 0 Å². The van der Waals surface area contributed by atoms with Gasteiger partial charge in [0.2, 0.25) is 0 Å². The molecule has 0 aromatic heterocycles.